The summed E-state index contributed by atoms with van der Waals surface area (Å²) < 4.78 is 55.5. The molecule has 0 radical (unpaired) electrons. The van der Waals surface area contributed by atoms with Crippen molar-refractivity contribution < 1.29 is 22.4 Å². The van der Waals surface area contributed by atoms with Crippen LogP contribution in [0.4, 0.5) is 23.2 Å². The molecule has 0 fully saturated rings. The van der Waals surface area contributed by atoms with Gasteiger partial charge in [0, 0.05) is 32.5 Å². The number of alkyl halides is 4. The zero-order valence-electron chi connectivity index (χ0n) is 16.2. The Hall–Kier alpha value is -2.51. The highest BCUT2D eigenvalue weighted by Gasteiger charge is 2.51. The topological polar surface area (TPSA) is 29.1 Å². The second kappa shape index (κ2) is 7.88. The van der Waals surface area contributed by atoms with E-state index < -0.39 is 23.3 Å². The van der Waals surface area contributed by atoms with E-state index in [0.29, 0.717) is 10.6 Å². The molecule has 1 aliphatic rings. The van der Waals surface area contributed by atoms with Crippen molar-refractivity contribution in [3.8, 4) is 0 Å². The van der Waals surface area contributed by atoms with Crippen LogP contribution in [0.1, 0.15) is 27.8 Å². The molecule has 2 nitrogen and oxygen atoms in total. The molecule has 0 aromatic heterocycles. The van der Waals surface area contributed by atoms with E-state index in [2.05, 4.69) is 5.32 Å². The summed E-state index contributed by atoms with van der Waals surface area (Å²) in [5.74, 6) is -0.513. The van der Waals surface area contributed by atoms with Crippen LogP contribution < -0.4 is 5.32 Å². The summed E-state index contributed by atoms with van der Waals surface area (Å²) in [7, 11) is 0. The second-order valence-corrected chi connectivity index (χ2v) is 8.68. The normalized spacial score (nSPS) is 18.1. The van der Waals surface area contributed by atoms with Gasteiger partial charge in [0.2, 0.25) is 5.67 Å². The van der Waals surface area contributed by atoms with Crippen LogP contribution in [0.25, 0.3) is 0 Å². The van der Waals surface area contributed by atoms with Crippen LogP contribution in [0.2, 0.25) is 5.02 Å². The summed E-state index contributed by atoms with van der Waals surface area (Å²) >= 11 is 7.44. The van der Waals surface area contributed by atoms with Gasteiger partial charge in [0.1, 0.15) is 0 Å². The maximum Gasteiger partial charge on any atom is 0.416 e. The predicted molar refractivity (Wildman–Crippen MR) is 114 cm³/mol. The minimum atomic E-state index is -4.61. The third kappa shape index (κ3) is 3.92. The van der Waals surface area contributed by atoms with Gasteiger partial charge in [-0.25, -0.2) is 4.39 Å². The smallest absolute Gasteiger partial charge is 0.322 e. The van der Waals surface area contributed by atoms with Gasteiger partial charge < -0.3 is 5.32 Å². The Kier molecular flexibility index (Phi) is 5.52. The molecular formula is C23H16ClF4NOS. The number of fused-ring (bicyclic) bond motifs is 1. The summed E-state index contributed by atoms with van der Waals surface area (Å²) in [4.78, 5) is 13.2. The predicted octanol–water partition coefficient (Wildman–Crippen LogP) is 7.12. The van der Waals surface area contributed by atoms with Crippen molar-refractivity contribution in [2.45, 2.75) is 29.4 Å². The van der Waals surface area contributed by atoms with E-state index in [1.54, 1.807) is 12.1 Å². The molecule has 0 aliphatic carbocycles. The minimum absolute atomic E-state index is 0.00888. The van der Waals surface area contributed by atoms with E-state index in [4.69, 9.17) is 11.6 Å². The maximum absolute atomic E-state index is 16.3. The molecule has 1 aliphatic heterocycles. The molecule has 3 aromatic carbocycles. The number of hydrogen-bond acceptors (Lipinski definition) is 2. The molecule has 31 heavy (non-hydrogen) atoms. The lowest BCUT2D eigenvalue weighted by Crippen LogP contribution is -2.31. The van der Waals surface area contributed by atoms with E-state index in [-0.39, 0.29) is 21.8 Å². The Balaban J connectivity index is 1.77. The second-order valence-electron chi connectivity index (χ2n) is 7.23. The lowest BCUT2D eigenvalue weighted by atomic mass is 9.88. The van der Waals surface area contributed by atoms with Crippen molar-refractivity contribution in [1.29, 1.82) is 0 Å². The summed E-state index contributed by atoms with van der Waals surface area (Å²) in [6.45, 7) is 1.97. The van der Waals surface area contributed by atoms with Crippen molar-refractivity contribution in [2.75, 3.05) is 5.32 Å². The van der Waals surface area contributed by atoms with Crippen LogP contribution in [0, 0.1) is 6.92 Å². The number of anilines is 1. The Morgan fingerprint density at radius 1 is 1.03 bits per heavy atom. The third-order valence-corrected chi connectivity index (χ3v) is 6.59. The molecule has 8 heteroatoms. The van der Waals surface area contributed by atoms with Gasteiger partial charge in [0.15, 0.2) is 0 Å². The summed E-state index contributed by atoms with van der Waals surface area (Å²) in [6.07, 6.45) is -4.61. The van der Waals surface area contributed by atoms with Crippen LogP contribution in [0.5, 0.6) is 0 Å². The molecule has 0 spiro atoms. The van der Waals surface area contributed by atoms with Gasteiger partial charge >= 0.3 is 6.18 Å². The Morgan fingerprint density at radius 2 is 1.77 bits per heavy atom. The standard InChI is InChI=1S/C23H16ClF4NOS/c1-13-4-2-3-5-14(13)12-31-20-9-7-16(24)11-18(20)22(25)17-8-6-15(23(26,27)28)10-19(17)29-21(22)30/h2-11H,12H2,1H3,(H,29,30). The fourth-order valence-electron chi connectivity index (χ4n) is 3.55. The summed E-state index contributed by atoms with van der Waals surface area (Å²) in [6, 6.07) is 14.8. The van der Waals surface area contributed by atoms with Crippen LogP contribution >= 0.6 is 23.4 Å². The van der Waals surface area contributed by atoms with Gasteiger partial charge in [0.05, 0.1) is 5.56 Å². The Labute approximate surface area is 185 Å². The quantitative estimate of drug-likeness (QED) is 0.328. The lowest BCUT2D eigenvalue weighted by molar-refractivity contribution is -0.137. The largest absolute Gasteiger partial charge is 0.416 e. The van der Waals surface area contributed by atoms with Gasteiger partial charge in [-0.1, -0.05) is 41.9 Å². The van der Waals surface area contributed by atoms with Crippen molar-refractivity contribution in [2.24, 2.45) is 0 Å². The number of benzene rings is 3. The number of carbonyl (C=O) groups excluding carboxylic acids is 1. The summed E-state index contributed by atoms with van der Waals surface area (Å²) in [5, 5.41) is 2.48. The van der Waals surface area contributed by atoms with E-state index in [9.17, 15) is 18.0 Å². The fourth-order valence-corrected chi connectivity index (χ4v) is 4.87. The first-order valence-corrected chi connectivity index (χ1v) is 10.7. The first-order valence-electron chi connectivity index (χ1n) is 9.30. The maximum atomic E-state index is 16.3. The molecule has 1 heterocycles. The fraction of sp³-hybridized carbons (Fsp3) is 0.174. The molecule has 3 aromatic rings. The zero-order chi connectivity index (χ0) is 22.4. The molecule has 1 unspecified atom stereocenters. The van der Waals surface area contributed by atoms with Gasteiger partial charge in [-0.2, -0.15) is 13.2 Å². The monoisotopic (exact) mass is 465 g/mol. The van der Waals surface area contributed by atoms with Gasteiger partial charge in [-0.3, -0.25) is 4.79 Å². The molecule has 4 rings (SSSR count). The average Bonchev–Trinajstić information content (AvgIpc) is 2.98. The zero-order valence-corrected chi connectivity index (χ0v) is 17.8. The number of aryl methyl sites for hydroxylation is 1. The number of carbonyl (C=O) groups is 1. The lowest BCUT2D eigenvalue weighted by Gasteiger charge is -2.22. The van der Waals surface area contributed by atoms with E-state index in [1.165, 1.54) is 17.8 Å². The Morgan fingerprint density at radius 3 is 2.48 bits per heavy atom. The number of hydrogen-bond donors (Lipinski definition) is 1. The van der Waals surface area contributed by atoms with E-state index in [0.717, 1.165) is 29.3 Å². The number of amides is 1. The van der Waals surface area contributed by atoms with Gasteiger partial charge in [0.25, 0.3) is 5.91 Å². The molecule has 160 valence electrons. The van der Waals surface area contributed by atoms with Crippen LogP contribution in [-0.2, 0) is 22.4 Å². The van der Waals surface area contributed by atoms with Crippen molar-refractivity contribution in [3.63, 3.8) is 0 Å². The van der Waals surface area contributed by atoms with Crippen LogP contribution in [0.15, 0.2) is 65.6 Å². The highest BCUT2D eigenvalue weighted by molar-refractivity contribution is 7.98. The molecule has 0 saturated heterocycles. The molecular weight excluding hydrogens is 450 g/mol. The van der Waals surface area contributed by atoms with Crippen molar-refractivity contribution in [3.05, 3.63) is 93.5 Å². The molecule has 0 bridgehead atoms. The number of nitrogens with one attached hydrogen (secondary N) is 1. The average molecular weight is 466 g/mol. The SMILES string of the molecule is Cc1ccccc1CSc1ccc(Cl)cc1C1(F)C(=O)Nc2cc(C(F)(F)F)ccc21. The highest BCUT2D eigenvalue weighted by Crippen LogP contribution is 2.49. The highest BCUT2D eigenvalue weighted by atomic mass is 35.5. The first kappa shape index (κ1) is 21.7. The molecule has 1 amide bonds. The summed E-state index contributed by atoms with van der Waals surface area (Å²) in [5.41, 5.74) is -1.84. The number of halogens is 5. The van der Waals surface area contributed by atoms with Crippen LogP contribution in [-0.4, -0.2) is 5.91 Å². The van der Waals surface area contributed by atoms with Crippen molar-refractivity contribution in [1.82, 2.24) is 0 Å². The van der Waals surface area contributed by atoms with Crippen LogP contribution in [0.3, 0.4) is 0 Å². The van der Waals surface area contributed by atoms with E-state index >= 15 is 4.39 Å². The molecule has 1 atom stereocenters. The number of rotatable bonds is 4. The van der Waals surface area contributed by atoms with Gasteiger partial charge in [-0.05, 0) is 48.4 Å². The minimum Gasteiger partial charge on any atom is -0.322 e. The first-order chi connectivity index (χ1) is 14.6. The van der Waals surface area contributed by atoms with Crippen molar-refractivity contribution >= 4 is 35.0 Å². The molecule has 0 saturated carbocycles. The van der Waals surface area contributed by atoms with Gasteiger partial charge in [-0.15, -0.1) is 11.8 Å². The third-order valence-electron chi connectivity index (χ3n) is 5.24. The Bertz CT molecular complexity index is 1180. The number of thioether (sulfide) groups is 1. The molecule has 1 N–H and O–H groups in total. The van der Waals surface area contributed by atoms with E-state index in [1.807, 2.05) is 31.2 Å².